The maximum Gasteiger partial charge on any atom is 0.114 e. The maximum absolute atomic E-state index is 10.4. The zero-order chi connectivity index (χ0) is 12.4. The maximum atomic E-state index is 10.4. The standard InChI is InChI=1S/C14H15BrOS/c1-3-10-7-8-12(17-10)14(16)11-6-4-5-9(2)13(11)15/h4-8,14,16H,3H2,1-2H3. The van der Waals surface area contributed by atoms with Gasteiger partial charge in [-0.3, -0.25) is 0 Å². The Morgan fingerprint density at radius 3 is 2.71 bits per heavy atom. The molecule has 1 atom stereocenters. The molecule has 0 amide bonds. The highest BCUT2D eigenvalue weighted by Gasteiger charge is 2.16. The summed E-state index contributed by atoms with van der Waals surface area (Å²) >= 11 is 5.23. The number of aliphatic hydroxyl groups is 1. The van der Waals surface area contributed by atoms with Crippen LogP contribution >= 0.6 is 27.3 Å². The number of rotatable bonds is 3. The minimum atomic E-state index is -0.533. The molecule has 3 heteroatoms. The summed E-state index contributed by atoms with van der Waals surface area (Å²) < 4.78 is 0.999. The van der Waals surface area contributed by atoms with E-state index in [0.29, 0.717) is 0 Å². The van der Waals surface area contributed by atoms with Gasteiger partial charge in [0.25, 0.3) is 0 Å². The van der Waals surface area contributed by atoms with E-state index in [9.17, 15) is 5.11 Å². The molecule has 0 aliphatic carbocycles. The van der Waals surface area contributed by atoms with E-state index in [1.807, 2.05) is 31.2 Å². The summed E-state index contributed by atoms with van der Waals surface area (Å²) in [5.74, 6) is 0. The van der Waals surface area contributed by atoms with Crippen LogP contribution in [0.1, 0.15) is 33.9 Å². The molecule has 1 nitrogen and oxygen atoms in total. The Morgan fingerprint density at radius 2 is 2.06 bits per heavy atom. The van der Waals surface area contributed by atoms with E-state index in [1.54, 1.807) is 11.3 Å². The molecule has 0 radical (unpaired) electrons. The monoisotopic (exact) mass is 310 g/mol. The van der Waals surface area contributed by atoms with Crippen molar-refractivity contribution in [2.24, 2.45) is 0 Å². The number of hydrogen-bond acceptors (Lipinski definition) is 2. The van der Waals surface area contributed by atoms with E-state index in [2.05, 4.69) is 28.9 Å². The number of benzene rings is 1. The molecule has 17 heavy (non-hydrogen) atoms. The average Bonchev–Trinajstić information content (AvgIpc) is 2.80. The molecule has 1 heterocycles. The lowest BCUT2D eigenvalue weighted by Crippen LogP contribution is -1.99. The molecule has 0 aliphatic heterocycles. The smallest absolute Gasteiger partial charge is 0.114 e. The molecule has 0 spiro atoms. The van der Waals surface area contributed by atoms with Gasteiger partial charge in [-0.15, -0.1) is 11.3 Å². The molecule has 0 saturated heterocycles. The molecule has 0 saturated carbocycles. The minimum absolute atomic E-state index is 0.533. The fourth-order valence-corrected chi connectivity index (χ4v) is 3.21. The Balaban J connectivity index is 2.36. The number of aryl methyl sites for hydroxylation is 2. The molecule has 1 aromatic carbocycles. The third-order valence-corrected chi connectivity index (χ3v) is 5.18. The SMILES string of the molecule is CCc1ccc(C(O)c2cccc(C)c2Br)s1. The lowest BCUT2D eigenvalue weighted by Gasteiger charge is -2.12. The first-order chi connectivity index (χ1) is 8.13. The van der Waals surface area contributed by atoms with Crippen molar-refractivity contribution in [1.29, 1.82) is 0 Å². The van der Waals surface area contributed by atoms with Gasteiger partial charge in [0.15, 0.2) is 0 Å². The molecule has 0 bridgehead atoms. The first-order valence-corrected chi connectivity index (χ1v) is 7.26. The van der Waals surface area contributed by atoms with Crippen LogP contribution in [-0.4, -0.2) is 5.11 Å². The van der Waals surface area contributed by atoms with Crippen LogP contribution in [0, 0.1) is 6.92 Å². The van der Waals surface area contributed by atoms with E-state index in [4.69, 9.17) is 0 Å². The Morgan fingerprint density at radius 1 is 1.29 bits per heavy atom. The number of halogens is 1. The van der Waals surface area contributed by atoms with Crippen LogP contribution in [0.4, 0.5) is 0 Å². The highest BCUT2D eigenvalue weighted by atomic mass is 79.9. The second-order valence-corrected chi connectivity index (χ2v) is 6.03. The van der Waals surface area contributed by atoms with Gasteiger partial charge in [0.1, 0.15) is 6.10 Å². The van der Waals surface area contributed by atoms with Gasteiger partial charge in [0, 0.05) is 19.8 Å². The zero-order valence-corrected chi connectivity index (χ0v) is 12.3. The molecule has 1 aromatic heterocycles. The summed E-state index contributed by atoms with van der Waals surface area (Å²) in [4.78, 5) is 2.32. The number of thiophene rings is 1. The van der Waals surface area contributed by atoms with Crippen LogP contribution in [0.25, 0.3) is 0 Å². The van der Waals surface area contributed by atoms with Crippen molar-refractivity contribution in [3.8, 4) is 0 Å². The van der Waals surface area contributed by atoms with Crippen LogP contribution in [0.5, 0.6) is 0 Å². The first-order valence-electron chi connectivity index (χ1n) is 5.65. The van der Waals surface area contributed by atoms with Gasteiger partial charge in [0.05, 0.1) is 0 Å². The predicted octanol–water partition coefficient (Wildman–Crippen LogP) is 4.46. The van der Waals surface area contributed by atoms with Crippen LogP contribution in [-0.2, 0) is 6.42 Å². The minimum Gasteiger partial charge on any atom is -0.383 e. The normalized spacial score (nSPS) is 12.7. The summed E-state index contributed by atoms with van der Waals surface area (Å²) in [5, 5.41) is 10.4. The Bertz CT molecular complexity index is 519. The Kier molecular flexibility index (Phi) is 4.02. The molecular weight excluding hydrogens is 296 g/mol. The fraction of sp³-hybridized carbons (Fsp3) is 0.286. The molecule has 0 aliphatic rings. The molecule has 1 unspecified atom stereocenters. The van der Waals surface area contributed by atoms with E-state index in [1.165, 1.54) is 4.88 Å². The zero-order valence-electron chi connectivity index (χ0n) is 9.90. The summed E-state index contributed by atoms with van der Waals surface area (Å²) in [7, 11) is 0. The van der Waals surface area contributed by atoms with Crippen molar-refractivity contribution < 1.29 is 5.11 Å². The third kappa shape index (κ3) is 2.62. The molecule has 0 fully saturated rings. The Labute approximate surface area is 114 Å². The lowest BCUT2D eigenvalue weighted by molar-refractivity contribution is 0.223. The molecule has 90 valence electrons. The second kappa shape index (κ2) is 5.34. The van der Waals surface area contributed by atoms with Gasteiger partial charge < -0.3 is 5.11 Å². The van der Waals surface area contributed by atoms with Crippen molar-refractivity contribution in [3.63, 3.8) is 0 Å². The van der Waals surface area contributed by atoms with Crippen molar-refractivity contribution in [3.05, 3.63) is 55.7 Å². The average molecular weight is 311 g/mol. The first kappa shape index (κ1) is 12.8. The van der Waals surface area contributed by atoms with Gasteiger partial charge in [-0.25, -0.2) is 0 Å². The lowest BCUT2D eigenvalue weighted by atomic mass is 10.1. The van der Waals surface area contributed by atoms with Crippen molar-refractivity contribution in [2.75, 3.05) is 0 Å². The van der Waals surface area contributed by atoms with Gasteiger partial charge in [0.2, 0.25) is 0 Å². The highest BCUT2D eigenvalue weighted by Crippen LogP contribution is 2.33. The fourth-order valence-electron chi connectivity index (χ4n) is 1.77. The number of hydrogen-bond donors (Lipinski definition) is 1. The predicted molar refractivity (Wildman–Crippen MR) is 76.6 cm³/mol. The molecule has 1 N–H and O–H groups in total. The van der Waals surface area contributed by atoms with Crippen molar-refractivity contribution in [1.82, 2.24) is 0 Å². The van der Waals surface area contributed by atoms with Crippen molar-refractivity contribution >= 4 is 27.3 Å². The van der Waals surface area contributed by atoms with Crippen LogP contribution in [0.3, 0.4) is 0 Å². The van der Waals surface area contributed by atoms with Crippen LogP contribution in [0.15, 0.2) is 34.8 Å². The van der Waals surface area contributed by atoms with Crippen LogP contribution in [0.2, 0.25) is 0 Å². The summed E-state index contributed by atoms with van der Waals surface area (Å²) in [6, 6.07) is 10.1. The topological polar surface area (TPSA) is 20.2 Å². The van der Waals surface area contributed by atoms with Gasteiger partial charge >= 0.3 is 0 Å². The third-order valence-electron chi connectivity index (χ3n) is 2.82. The highest BCUT2D eigenvalue weighted by molar-refractivity contribution is 9.10. The molecule has 2 aromatic rings. The van der Waals surface area contributed by atoms with Gasteiger partial charge in [-0.05, 0) is 31.0 Å². The summed E-state index contributed by atoms with van der Waals surface area (Å²) in [6.07, 6.45) is 0.487. The van der Waals surface area contributed by atoms with Crippen molar-refractivity contribution in [2.45, 2.75) is 26.4 Å². The summed E-state index contributed by atoms with van der Waals surface area (Å²) in [6.45, 7) is 4.16. The second-order valence-electron chi connectivity index (χ2n) is 4.04. The van der Waals surface area contributed by atoms with E-state index in [-0.39, 0.29) is 0 Å². The van der Waals surface area contributed by atoms with Crippen LogP contribution < -0.4 is 0 Å². The Hall–Kier alpha value is -0.640. The number of aliphatic hydroxyl groups excluding tert-OH is 1. The van der Waals surface area contributed by atoms with E-state index in [0.717, 1.165) is 26.9 Å². The largest absolute Gasteiger partial charge is 0.383 e. The summed E-state index contributed by atoms with van der Waals surface area (Å²) in [5.41, 5.74) is 2.09. The van der Waals surface area contributed by atoms with E-state index < -0.39 is 6.10 Å². The molecule has 2 rings (SSSR count). The van der Waals surface area contributed by atoms with E-state index >= 15 is 0 Å². The van der Waals surface area contributed by atoms with Gasteiger partial charge in [-0.2, -0.15) is 0 Å². The quantitative estimate of drug-likeness (QED) is 0.887. The van der Waals surface area contributed by atoms with Gasteiger partial charge in [-0.1, -0.05) is 41.1 Å². The molecular formula is C14H15BrOS.